The summed E-state index contributed by atoms with van der Waals surface area (Å²) in [6.45, 7) is 9.23. The maximum atomic E-state index is 11.1. The average Bonchev–Trinajstić information content (AvgIpc) is 2.22. The van der Waals surface area contributed by atoms with Gasteiger partial charge in [-0.05, 0) is 32.6 Å². The van der Waals surface area contributed by atoms with Crippen LogP contribution < -0.4 is 0 Å². The van der Waals surface area contributed by atoms with Crippen LogP contribution in [0.1, 0.15) is 52.9 Å². The zero-order valence-electron chi connectivity index (χ0n) is 9.64. The van der Waals surface area contributed by atoms with Gasteiger partial charge in [-0.15, -0.1) is 0 Å². The van der Waals surface area contributed by atoms with Crippen LogP contribution in [0.15, 0.2) is 12.2 Å². The normalized spacial score (nSPS) is 16.5. The first-order valence-corrected chi connectivity index (χ1v) is 5.56. The zero-order chi connectivity index (χ0) is 11.0. The molecule has 1 aliphatic rings. The highest BCUT2D eigenvalue weighted by Crippen LogP contribution is 2.20. The lowest BCUT2D eigenvalue weighted by atomic mass is 9.98. The zero-order valence-corrected chi connectivity index (χ0v) is 9.64. The van der Waals surface area contributed by atoms with Crippen molar-refractivity contribution >= 4 is 5.97 Å². The van der Waals surface area contributed by atoms with Crippen LogP contribution in [0.2, 0.25) is 0 Å². The third kappa shape index (κ3) is 5.05. The van der Waals surface area contributed by atoms with Gasteiger partial charge in [0.25, 0.3) is 0 Å². The van der Waals surface area contributed by atoms with E-state index < -0.39 is 0 Å². The van der Waals surface area contributed by atoms with E-state index >= 15 is 0 Å². The molecule has 1 aliphatic carbocycles. The molecule has 2 nitrogen and oxygen atoms in total. The number of hydrogen-bond acceptors (Lipinski definition) is 2. The Morgan fingerprint density at radius 2 is 1.71 bits per heavy atom. The standard InChI is InChI=1S/C10H16O2.C2H6/c1-8(2)10(11)12-9-6-4-3-5-7-9;1-2/h9H,1,3-7H2,2H3;1-2H3. The summed E-state index contributed by atoms with van der Waals surface area (Å²) in [5.41, 5.74) is 0.501. The molecule has 0 bridgehead atoms. The molecule has 14 heavy (non-hydrogen) atoms. The maximum absolute atomic E-state index is 11.1. The Kier molecular flexibility index (Phi) is 7.17. The van der Waals surface area contributed by atoms with E-state index in [4.69, 9.17) is 4.74 Å². The van der Waals surface area contributed by atoms with Gasteiger partial charge in [0, 0.05) is 5.57 Å². The van der Waals surface area contributed by atoms with Crippen LogP contribution in [-0.2, 0) is 9.53 Å². The van der Waals surface area contributed by atoms with Crippen LogP contribution in [0.4, 0.5) is 0 Å². The van der Waals surface area contributed by atoms with E-state index in [1.807, 2.05) is 13.8 Å². The fourth-order valence-corrected chi connectivity index (χ4v) is 1.43. The topological polar surface area (TPSA) is 26.3 Å². The van der Waals surface area contributed by atoms with Crippen LogP contribution in [-0.4, -0.2) is 12.1 Å². The van der Waals surface area contributed by atoms with Crippen LogP contribution >= 0.6 is 0 Å². The molecule has 0 unspecified atom stereocenters. The van der Waals surface area contributed by atoms with E-state index in [1.165, 1.54) is 19.3 Å². The van der Waals surface area contributed by atoms with Crippen molar-refractivity contribution in [2.45, 2.75) is 59.0 Å². The van der Waals surface area contributed by atoms with Gasteiger partial charge in [-0.1, -0.05) is 26.8 Å². The van der Waals surface area contributed by atoms with Gasteiger partial charge in [-0.2, -0.15) is 0 Å². The first kappa shape index (κ1) is 13.2. The molecule has 0 saturated heterocycles. The van der Waals surface area contributed by atoms with Gasteiger partial charge < -0.3 is 4.74 Å². The molecule has 0 aromatic rings. The summed E-state index contributed by atoms with van der Waals surface area (Å²) < 4.78 is 5.21. The predicted octanol–water partition coefficient (Wildman–Crippen LogP) is 3.46. The highest BCUT2D eigenvalue weighted by Gasteiger charge is 2.17. The molecule has 0 heterocycles. The largest absolute Gasteiger partial charge is 0.459 e. The molecule has 1 saturated carbocycles. The summed E-state index contributed by atoms with van der Waals surface area (Å²) in [7, 11) is 0. The van der Waals surface area contributed by atoms with E-state index in [2.05, 4.69) is 6.58 Å². The van der Waals surface area contributed by atoms with Gasteiger partial charge in [0.2, 0.25) is 0 Å². The SMILES string of the molecule is C=C(C)C(=O)OC1CCCCC1.CC. The number of hydrogen-bond donors (Lipinski definition) is 0. The van der Waals surface area contributed by atoms with Gasteiger partial charge in [0.05, 0.1) is 0 Å². The minimum Gasteiger partial charge on any atom is -0.459 e. The Bertz CT molecular complexity index is 179. The third-order valence-corrected chi connectivity index (χ3v) is 2.17. The van der Waals surface area contributed by atoms with Crippen molar-refractivity contribution in [3.05, 3.63) is 12.2 Å². The molecule has 0 amide bonds. The summed E-state index contributed by atoms with van der Waals surface area (Å²) >= 11 is 0. The van der Waals surface area contributed by atoms with Crippen LogP contribution in [0.5, 0.6) is 0 Å². The Morgan fingerprint density at radius 3 is 2.14 bits per heavy atom. The van der Waals surface area contributed by atoms with Crippen molar-refractivity contribution < 1.29 is 9.53 Å². The lowest BCUT2D eigenvalue weighted by Gasteiger charge is -2.21. The fourth-order valence-electron chi connectivity index (χ4n) is 1.43. The molecule has 0 N–H and O–H groups in total. The highest BCUT2D eigenvalue weighted by atomic mass is 16.5. The van der Waals surface area contributed by atoms with Crippen LogP contribution in [0, 0.1) is 0 Å². The second-order valence-electron chi connectivity index (χ2n) is 3.45. The van der Waals surface area contributed by atoms with Gasteiger partial charge in [0.15, 0.2) is 0 Å². The summed E-state index contributed by atoms with van der Waals surface area (Å²) in [4.78, 5) is 11.1. The minimum atomic E-state index is -0.234. The maximum Gasteiger partial charge on any atom is 0.333 e. The molecular weight excluding hydrogens is 176 g/mol. The Hall–Kier alpha value is -0.790. The van der Waals surface area contributed by atoms with Gasteiger partial charge >= 0.3 is 5.97 Å². The quantitative estimate of drug-likeness (QED) is 0.501. The molecule has 0 atom stereocenters. The van der Waals surface area contributed by atoms with Crippen molar-refractivity contribution in [3.63, 3.8) is 0 Å². The van der Waals surface area contributed by atoms with E-state index in [-0.39, 0.29) is 12.1 Å². The highest BCUT2D eigenvalue weighted by molar-refractivity contribution is 5.87. The van der Waals surface area contributed by atoms with Crippen molar-refractivity contribution in [1.82, 2.24) is 0 Å². The monoisotopic (exact) mass is 198 g/mol. The fraction of sp³-hybridized carbons (Fsp3) is 0.750. The second-order valence-corrected chi connectivity index (χ2v) is 3.45. The van der Waals surface area contributed by atoms with Crippen molar-refractivity contribution in [1.29, 1.82) is 0 Å². The number of ether oxygens (including phenoxy) is 1. The van der Waals surface area contributed by atoms with Gasteiger partial charge in [-0.25, -0.2) is 4.79 Å². The summed E-state index contributed by atoms with van der Waals surface area (Å²) in [6.07, 6.45) is 5.87. The first-order valence-electron chi connectivity index (χ1n) is 5.56. The van der Waals surface area contributed by atoms with E-state index in [0.717, 1.165) is 12.8 Å². The number of esters is 1. The Labute approximate surface area is 87.3 Å². The molecular formula is C12H22O2. The molecule has 0 aromatic heterocycles. The Morgan fingerprint density at radius 1 is 1.21 bits per heavy atom. The molecule has 0 spiro atoms. The molecule has 0 radical (unpaired) electrons. The average molecular weight is 198 g/mol. The molecule has 1 fully saturated rings. The van der Waals surface area contributed by atoms with Crippen molar-refractivity contribution in [3.8, 4) is 0 Å². The van der Waals surface area contributed by atoms with Crippen molar-refractivity contribution in [2.75, 3.05) is 0 Å². The van der Waals surface area contributed by atoms with Gasteiger partial charge in [0.1, 0.15) is 6.10 Å². The molecule has 1 rings (SSSR count). The predicted molar refractivity (Wildman–Crippen MR) is 59.1 cm³/mol. The number of carbonyl (C=O) groups is 1. The lowest BCUT2D eigenvalue weighted by molar-refractivity contribution is -0.145. The third-order valence-electron chi connectivity index (χ3n) is 2.17. The molecule has 0 aromatic carbocycles. The first-order chi connectivity index (χ1) is 6.70. The number of rotatable bonds is 2. The van der Waals surface area contributed by atoms with Crippen LogP contribution in [0.3, 0.4) is 0 Å². The minimum absolute atomic E-state index is 0.156. The van der Waals surface area contributed by atoms with E-state index in [0.29, 0.717) is 5.57 Å². The summed E-state index contributed by atoms with van der Waals surface area (Å²) in [5.74, 6) is -0.234. The van der Waals surface area contributed by atoms with Crippen LogP contribution in [0.25, 0.3) is 0 Å². The lowest BCUT2D eigenvalue weighted by Crippen LogP contribution is -2.20. The van der Waals surface area contributed by atoms with Crippen molar-refractivity contribution in [2.24, 2.45) is 0 Å². The van der Waals surface area contributed by atoms with Gasteiger partial charge in [-0.3, -0.25) is 0 Å². The molecule has 0 aliphatic heterocycles. The van der Waals surface area contributed by atoms with E-state index in [1.54, 1.807) is 6.92 Å². The molecule has 82 valence electrons. The molecule has 2 heteroatoms. The second kappa shape index (κ2) is 7.60. The smallest absolute Gasteiger partial charge is 0.333 e. The number of carbonyl (C=O) groups excluding carboxylic acids is 1. The Balaban J connectivity index is 0.000000791. The summed E-state index contributed by atoms with van der Waals surface area (Å²) in [5, 5.41) is 0. The van der Waals surface area contributed by atoms with E-state index in [9.17, 15) is 4.79 Å². The summed E-state index contributed by atoms with van der Waals surface area (Å²) in [6, 6.07) is 0.